The van der Waals surface area contributed by atoms with Crippen molar-refractivity contribution in [2.75, 3.05) is 5.73 Å². The molecule has 1 rings (SSSR count). The first kappa shape index (κ1) is 8.29. The molecule has 1 aromatic heterocycles. The Morgan fingerprint density at radius 2 is 2.08 bits per heavy atom. The van der Waals surface area contributed by atoms with Crippen molar-refractivity contribution in [1.29, 1.82) is 0 Å². The van der Waals surface area contributed by atoms with Crippen molar-refractivity contribution < 1.29 is 0 Å². The molecule has 0 unspecified atom stereocenters. The van der Waals surface area contributed by atoms with Gasteiger partial charge in [0.25, 0.3) is 0 Å². The molecule has 0 amide bonds. The molecule has 1 heterocycles. The molecule has 0 fully saturated rings. The highest BCUT2D eigenvalue weighted by Gasteiger charge is 2.03. The Labute approximate surface area is 69.1 Å². The number of aryl methyl sites for hydroxylation is 1. The van der Waals surface area contributed by atoms with E-state index < -0.39 is 0 Å². The van der Waals surface area contributed by atoms with Crippen LogP contribution in [0.4, 0.5) is 11.6 Å². The summed E-state index contributed by atoms with van der Waals surface area (Å²) in [7, 11) is 0. The van der Waals surface area contributed by atoms with E-state index in [1.54, 1.807) is 13.8 Å². The van der Waals surface area contributed by atoms with Crippen molar-refractivity contribution in [2.24, 2.45) is 5.11 Å². The van der Waals surface area contributed by atoms with Crippen LogP contribution >= 0.6 is 0 Å². The van der Waals surface area contributed by atoms with E-state index in [0.29, 0.717) is 23.0 Å². The van der Waals surface area contributed by atoms with Crippen molar-refractivity contribution in [1.82, 2.24) is 9.97 Å². The van der Waals surface area contributed by atoms with E-state index in [1.165, 1.54) is 0 Å². The molecular formula is C6H8N6. The van der Waals surface area contributed by atoms with Crippen molar-refractivity contribution in [3.05, 3.63) is 21.8 Å². The summed E-state index contributed by atoms with van der Waals surface area (Å²) in [5.74, 6) is 1.15. The Kier molecular flexibility index (Phi) is 2.11. The van der Waals surface area contributed by atoms with Crippen molar-refractivity contribution in [3.8, 4) is 0 Å². The van der Waals surface area contributed by atoms with Crippen LogP contribution < -0.4 is 5.73 Å². The molecule has 0 aliphatic carbocycles. The molecule has 0 saturated heterocycles. The van der Waals surface area contributed by atoms with Crippen LogP contribution in [0.25, 0.3) is 10.4 Å². The second-order valence-corrected chi connectivity index (χ2v) is 2.29. The van der Waals surface area contributed by atoms with Crippen LogP contribution in [-0.4, -0.2) is 9.97 Å². The fourth-order valence-electron chi connectivity index (χ4n) is 0.775. The predicted octanol–water partition coefficient (Wildman–Crippen LogP) is 1.62. The molecule has 6 heteroatoms. The molecule has 0 aliphatic rings. The van der Waals surface area contributed by atoms with E-state index >= 15 is 0 Å². The SMILES string of the molecule is Cc1nc(N)c(C)c(N=[N+]=[N-])n1. The Balaban J connectivity index is 3.36. The van der Waals surface area contributed by atoms with Crippen LogP contribution in [-0.2, 0) is 0 Å². The zero-order chi connectivity index (χ0) is 9.14. The lowest BCUT2D eigenvalue weighted by atomic mass is 10.3. The average Bonchev–Trinajstić information content (AvgIpc) is 2.00. The number of nitrogen functional groups attached to an aromatic ring is 1. The fourth-order valence-corrected chi connectivity index (χ4v) is 0.775. The van der Waals surface area contributed by atoms with Gasteiger partial charge >= 0.3 is 0 Å². The monoisotopic (exact) mass is 164 g/mol. The fraction of sp³-hybridized carbons (Fsp3) is 0.333. The second-order valence-electron chi connectivity index (χ2n) is 2.29. The molecule has 0 saturated carbocycles. The Hall–Kier alpha value is -1.81. The minimum Gasteiger partial charge on any atom is -0.383 e. The van der Waals surface area contributed by atoms with E-state index in [0.717, 1.165) is 0 Å². The normalized spacial score (nSPS) is 9.17. The second kappa shape index (κ2) is 3.06. The Morgan fingerprint density at radius 3 is 2.67 bits per heavy atom. The third kappa shape index (κ3) is 1.43. The maximum Gasteiger partial charge on any atom is 0.135 e. The summed E-state index contributed by atoms with van der Waals surface area (Å²) < 4.78 is 0. The highest BCUT2D eigenvalue weighted by atomic mass is 15.2. The first-order valence-electron chi connectivity index (χ1n) is 3.31. The molecule has 1 aromatic rings. The number of hydrogen-bond donors (Lipinski definition) is 1. The van der Waals surface area contributed by atoms with Gasteiger partial charge in [0.2, 0.25) is 0 Å². The molecule has 6 nitrogen and oxygen atoms in total. The first-order chi connectivity index (χ1) is 5.65. The topological polar surface area (TPSA) is 101 Å². The Morgan fingerprint density at radius 1 is 1.42 bits per heavy atom. The lowest BCUT2D eigenvalue weighted by Gasteiger charge is -2.02. The van der Waals surface area contributed by atoms with Gasteiger partial charge in [0.05, 0.1) is 0 Å². The standard InChI is InChI=1S/C6H8N6/c1-3-5(7)9-4(2)10-6(3)11-12-8/h1-2H3,(H2,7,9,10). The van der Waals surface area contributed by atoms with Gasteiger partial charge in [0, 0.05) is 10.5 Å². The third-order valence-electron chi connectivity index (χ3n) is 1.41. The smallest absolute Gasteiger partial charge is 0.135 e. The van der Waals surface area contributed by atoms with Gasteiger partial charge in [-0.25, -0.2) is 9.97 Å². The van der Waals surface area contributed by atoms with Gasteiger partial charge in [-0.3, -0.25) is 0 Å². The zero-order valence-corrected chi connectivity index (χ0v) is 6.81. The lowest BCUT2D eigenvalue weighted by molar-refractivity contribution is 1.03. The van der Waals surface area contributed by atoms with E-state index in [1.807, 2.05) is 0 Å². The number of rotatable bonds is 1. The van der Waals surface area contributed by atoms with E-state index in [2.05, 4.69) is 20.0 Å². The van der Waals surface area contributed by atoms with Gasteiger partial charge in [-0.1, -0.05) is 0 Å². The first-order valence-corrected chi connectivity index (χ1v) is 3.31. The van der Waals surface area contributed by atoms with E-state index in [4.69, 9.17) is 11.3 Å². The van der Waals surface area contributed by atoms with Crippen molar-refractivity contribution in [3.63, 3.8) is 0 Å². The van der Waals surface area contributed by atoms with E-state index in [-0.39, 0.29) is 0 Å². The summed E-state index contributed by atoms with van der Waals surface area (Å²) in [5, 5.41) is 3.38. The van der Waals surface area contributed by atoms with Crippen LogP contribution in [0.1, 0.15) is 11.4 Å². The van der Waals surface area contributed by atoms with Gasteiger partial charge in [0.1, 0.15) is 17.5 Å². The van der Waals surface area contributed by atoms with E-state index in [9.17, 15) is 0 Å². The summed E-state index contributed by atoms with van der Waals surface area (Å²) in [5.41, 5.74) is 14.3. The number of anilines is 1. The molecule has 0 spiro atoms. The van der Waals surface area contributed by atoms with Crippen LogP contribution in [0.15, 0.2) is 5.11 Å². The summed E-state index contributed by atoms with van der Waals surface area (Å²) in [6.45, 7) is 3.39. The average molecular weight is 164 g/mol. The predicted molar refractivity (Wildman–Crippen MR) is 44.7 cm³/mol. The van der Waals surface area contributed by atoms with Gasteiger partial charge < -0.3 is 5.73 Å². The van der Waals surface area contributed by atoms with Crippen LogP contribution in [0.5, 0.6) is 0 Å². The van der Waals surface area contributed by atoms with Gasteiger partial charge in [-0.15, -0.1) is 0 Å². The zero-order valence-electron chi connectivity index (χ0n) is 6.81. The van der Waals surface area contributed by atoms with Crippen molar-refractivity contribution >= 4 is 11.6 Å². The minimum absolute atomic E-state index is 0.294. The highest BCUT2D eigenvalue weighted by Crippen LogP contribution is 2.19. The summed E-state index contributed by atoms with van der Waals surface area (Å²) in [6, 6.07) is 0. The molecule has 0 atom stereocenters. The third-order valence-corrected chi connectivity index (χ3v) is 1.41. The van der Waals surface area contributed by atoms with Crippen LogP contribution in [0.3, 0.4) is 0 Å². The van der Waals surface area contributed by atoms with Crippen LogP contribution in [0.2, 0.25) is 0 Å². The summed E-state index contributed by atoms with van der Waals surface area (Å²) in [4.78, 5) is 10.4. The molecule has 0 aromatic carbocycles. The number of azide groups is 1. The maximum absolute atomic E-state index is 8.18. The maximum atomic E-state index is 8.18. The molecule has 12 heavy (non-hydrogen) atoms. The number of nitrogens with two attached hydrogens (primary N) is 1. The highest BCUT2D eigenvalue weighted by molar-refractivity contribution is 5.51. The molecule has 0 bridgehead atoms. The van der Waals surface area contributed by atoms with Gasteiger partial charge in [0.15, 0.2) is 0 Å². The van der Waals surface area contributed by atoms with Gasteiger partial charge in [-0.05, 0) is 24.5 Å². The van der Waals surface area contributed by atoms with Crippen LogP contribution in [0, 0.1) is 13.8 Å². The largest absolute Gasteiger partial charge is 0.383 e. The lowest BCUT2D eigenvalue weighted by Crippen LogP contribution is -1.98. The summed E-state index contributed by atoms with van der Waals surface area (Å²) >= 11 is 0. The summed E-state index contributed by atoms with van der Waals surface area (Å²) in [6.07, 6.45) is 0. The molecule has 2 N–H and O–H groups in total. The number of aromatic nitrogens is 2. The quantitative estimate of drug-likeness (QED) is 0.387. The molecule has 62 valence electrons. The number of nitrogens with zero attached hydrogens (tertiary/aromatic N) is 5. The molecular weight excluding hydrogens is 156 g/mol. The van der Waals surface area contributed by atoms with Gasteiger partial charge in [-0.2, -0.15) is 0 Å². The minimum atomic E-state index is 0.294. The Bertz CT molecular complexity index is 351. The number of hydrogen-bond acceptors (Lipinski definition) is 4. The molecule has 0 aliphatic heterocycles. The van der Waals surface area contributed by atoms with Crippen molar-refractivity contribution in [2.45, 2.75) is 13.8 Å². The molecule has 0 radical (unpaired) electrons.